The quantitative estimate of drug-likeness (QED) is 0.655. The molecule has 0 radical (unpaired) electrons. The zero-order valence-corrected chi connectivity index (χ0v) is 11.9. The maximum atomic E-state index is 6.00. The maximum Gasteiger partial charge on any atom is 0.139 e. The van der Waals surface area contributed by atoms with E-state index in [1.807, 2.05) is 7.05 Å². The Bertz CT molecular complexity index is 396. The minimum Gasteiger partial charge on any atom is -0.488 e. The molecule has 0 atom stereocenters. The van der Waals surface area contributed by atoms with Crippen LogP contribution in [0, 0.1) is 0 Å². The van der Waals surface area contributed by atoms with E-state index in [-0.39, 0.29) is 0 Å². The van der Waals surface area contributed by atoms with Crippen LogP contribution in [0.15, 0.2) is 28.8 Å². The molecule has 16 heavy (non-hydrogen) atoms. The Morgan fingerprint density at radius 2 is 2.12 bits per heavy atom. The van der Waals surface area contributed by atoms with E-state index in [9.17, 15) is 0 Å². The third-order valence-electron chi connectivity index (χ3n) is 1.83. The van der Waals surface area contributed by atoms with Crippen LogP contribution in [0.1, 0.15) is 0 Å². The number of nitrogens with one attached hydrogen (secondary N) is 1. The largest absolute Gasteiger partial charge is 0.488 e. The van der Waals surface area contributed by atoms with Crippen molar-refractivity contribution in [2.75, 3.05) is 20.2 Å². The van der Waals surface area contributed by atoms with Gasteiger partial charge in [-0.3, -0.25) is 0 Å². The highest BCUT2D eigenvalue weighted by molar-refractivity contribution is 9.10. The molecule has 0 aliphatic carbocycles. The fraction of sp³-hybridized carbons (Fsp3) is 0.273. The number of ether oxygens (including phenoxy) is 1. The van der Waals surface area contributed by atoms with E-state index in [0.29, 0.717) is 28.9 Å². The van der Waals surface area contributed by atoms with Crippen LogP contribution in [0.4, 0.5) is 0 Å². The van der Waals surface area contributed by atoms with Gasteiger partial charge in [-0.2, -0.15) is 0 Å². The molecule has 1 aromatic carbocycles. The Morgan fingerprint density at radius 3 is 2.75 bits per heavy atom. The standard InChI is InChI=1S/C11H12BrCl2NO/c1-7(5-15-2)6-16-11-4-9(13)8(12)3-10(11)14/h3-4,15H,1,5-6H2,2H3. The van der Waals surface area contributed by atoms with Crippen molar-refractivity contribution in [1.29, 1.82) is 0 Å². The van der Waals surface area contributed by atoms with Crippen molar-refractivity contribution < 1.29 is 4.74 Å². The summed E-state index contributed by atoms with van der Waals surface area (Å²) in [4.78, 5) is 0. The summed E-state index contributed by atoms with van der Waals surface area (Å²) in [5.41, 5.74) is 0.942. The first-order chi connectivity index (χ1) is 7.54. The second-order valence-corrected chi connectivity index (χ2v) is 4.93. The molecule has 0 aliphatic heterocycles. The third-order valence-corrected chi connectivity index (χ3v) is 3.33. The average molecular weight is 325 g/mol. The lowest BCUT2D eigenvalue weighted by atomic mass is 10.3. The predicted octanol–water partition coefficient (Wildman–Crippen LogP) is 3.91. The molecule has 0 bridgehead atoms. The van der Waals surface area contributed by atoms with E-state index in [1.54, 1.807) is 12.1 Å². The second-order valence-electron chi connectivity index (χ2n) is 3.27. The highest BCUT2D eigenvalue weighted by Gasteiger charge is 2.07. The summed E-state index contributed by atoms with van der Waals surface area (Å²) in [6, 6.07) is 3.39. The molecule has 0 amide bonds. The van der Waals surface area contributed by atoms with Crippen LogP contribution >= 0.6 is 39.1 Å². The highest BCUT2D eigenvalue weighted by Crippen LogP contribution is 2.34. The molecule has 0 spiro atoms. The summed E-state index contributed by atoms with van der Waals surface area (Å²) in [5.74, 6) is 0.562. The molecule has 2 nitrogen and oxygen atoms in total. The van der Waals surface area contributed by atoms with Crippen LogP contribution < -0.4 is 10.1 Å². The molecule has 88 valence electrons. The first-order valence-corrected chi connectivity index (χ1v) is 6.18. The third kappa shape index (κ3) is 3.98. The Labute approximate surface area is 114 Å². The van der Waals surface area contributed by atoms with Gasteiger partial charge in [0, 0.05) is 17.1 Å². The topological polar surface area (TPSA) is 21.3 Å². The van der Waals surface area contributed by atoms with E-state index in [0.717, 1.165) is 10.0 Å². The first kappa shape index (κ1) is 13.8. The Morgan fingerprint density at radius 1 is 1.44 bits per heavy atom. The van der Waals surface area contributed by atoms with Crippen LogP contribution in [0.5, 0.6) is 5.75 Å². The minimum absolute atomic E-state index is 0.415. The van der Waals surface area contributed by atoms with Crippen LogP contribution in [0.25, 0.3) is 0 Å². The molecule has 0 heterocycles. The number of rotatable bonds is 5. The van der Waals surface area contributed by atoms with E-state index in [1.165, 1.54) is 0 Å². The Balaban J connectivity index is 2.67. The van der Waals surface area contributed by atoms with Gasteiger partial charge >= 0.3 is 0 Å². The molecular formula is C11H12BrCl2NO. The van der Waals surface area contributed by atoms with Gasteiger partial charge in [-0.25, -0.2) is 0 Å². The van der Waals surface area contributed by atoms with Crippen molar-refractivity contribution in [3.05, 3.63) is 38.8 Å². The zero-order chi connectivity index (χ0) is 12.1. The molecule has 0 aromatic heterocycles. The zero-order valence-electron chi connectivity index (χ0n) is 8.82. The average Bonchev–Trinajstić information content (AvgIpc) is 2.22. The van der Waals surface area contributed by atoms with E-state index < -0.39 is 0 Å². The SMILES string of the molecule is C=C(CNC)COc1cc(Cl)c(Br)cc1Cl. The van der Waals surface area contributed by atoms with Gasteiger partial charge < -0.3 is 10.1 Å². The molecule has 5 heteroatoms. The van der Waals surface area contributed by atoms with Crippen LogP contribution in [-0.2, 0) is 0 Å². The summed E-state index contributed by atoms with van der Waals surface area (Å²) >= 11 is 15.2. The van der Waals surface area contributed by atoms with Crippen molar-refractivity contribution in [2.45, 2.75) is 0 Å². The lowest BCUT2D eigenvalue weighted by Gasteiger charge is -2.10. The summed E-state index contributed by atoms with van der Waals surface area (Å²) in [5, 5.41) is 4.08. The highest BCUT2D eigenvalue weighted by atomic mass is 79.9. The van der Waals surface area contributed by atoms with Crippen molar-refractivity contribution >= 4 is 39.1 Å². The van der Waals surface area contributed by atoms with Gasteiger partial charge in [0.2, 0.25) is 0 Å². The van der Waals surface area contributed by atoms with Crippen LogP contribution in [-0.4, -0.2) is 20.2 Å². The van der Waals surface area contributed by atoms with Crippen LogP contribution in [0.3, 0.4) is 0 Å². The van der Waals surface area contributed by atoms with E-state index >= 15 is 0 Å². The Hall–Kier alpha value is -0.220. The minimum atomic E-state index is 0.415. The van der Waals surface area contributed by atoms with Gasteiger partial charge in [0.1, 0.15) is 12.4 Å². The van der Waals surface area contributed by atoms with Gasteiger partial charge in [-0.1, -0.05) is 29.8 Å². The van der Waals surface area contributed by atoms with Gasteiger partial charge in [-0.15, -0.1) is 0 Å². The molecule has 0 aliphatic rings. The van der Waals surface area contributed by atoms with Crippen LogP contribution in [0.2, 0.25) is 10.0 Å². The van der Waals surface area contributed by atoms with Crippen molar-refractivity contribution in [3.8, 4) is 5.75 Å². The number of halogens is 3. The van der Waals surface area contributed by atoms with Crippen molar-refractivity contribution in [2.24, 2.45) is 0 Å². The summed E-state index contributed by atoms with van der Waals surface area (Å²) in [7, 11) is 1.86. The molecule has 0 fully saturated rings. The lowest BCUT2D eigenvalue weighted by molar-refractivity contribution is 0.349. The number of benzene rings is 1. The van der Waals surface area contributed by atoms with Gasteiger partial charge in [0.05, 0.1) is 10.0 Å². The number of hydrogen-bond donors (Lipinski definition) is 1. The molecular weight excluding hydrogens is 313 g/mol. The molecule has 1 aromatic rings. The van der Waals surface area contributed by atoms with Crippen molar-refractivity contribution in [3.63, 3.8) is 0 Å². The van der Waals surface area contributed by atoms with Gasteiger partial charge in [-0.05, 0) is 34.6 Å². The summed E-state index contributed by atoms with van der Waals surface area (Å²) in [6.07, 6.45) is 0. The van der Waals surface area contributed by atoms with Gasteiger partial charge in [0.25, 0.3) is 0 Å². The molecule has 1 rings (SSSR count). The van der Waals surface area contributed by atoms with E-state index in [4.69, 9.17) is 27.9 Å². The molecule has 0 saturated carbocycles. The normalized spacial score (nSPS) is 10.2. The fourth-order valence-electron chi connectivity index (χ4n) is 1.10. The second kappa shape index (κ2) is 6.50. The predicted molar refractivity (Wildman–Crippen MR) is 72.7 cm³/mol. The fourth-order valence-corrected chi connectivity index (χ4v) is 1.94. The monoisotopic (exact) mass is 323 g/mol. The molecule has 0 unspecified atom stereocenters. The van der Waals surface area contributed by atoms with Gasteiger partial charge in [0.15, 0.2) is 0 Å². The number of hydrogen-bond acceptors (Lipinski definition) is 2. The van der Waals surface area contributed by atoms with Crippen molar-refractivity contribution in [1.82, 2.24) is 5.32 Å². The number of likely N-dealkylation sites (N-methyl/N-ethyl adjacent to an activating group) is 1. The lowest BCUT2D eigenvalue weighted by Crippen LogP contribution is -2.14. The molecule has 1 N–H and O–H groups in total. The molecule has 0 saturated heterocycles. The maximum absolute atomic E-state index is 6.00. The Kier molecular flexibility index (Phi) is 5.62. The van der Waals surface area contributed by atoms with E-state index in [2.05, 4.69) is 27.8 Å². The first-order valence-electron chi connectivity index (χ1n) is 4.63. The smallest absolute Gasteiger partial charge is 0.139 e. The summed E-state index contributed by atoms with van der Waals surface area (Å²) in [6.45, 7) is 4.98. The summed E-state index contributed by atoms with van der Waals surface area (Å²) < 4.78 is 6.26.